The quantitative estimate of drug-likeness (QED) is 0.0780. The molecule has 0 fully saturated rings. The third-order valence-electron chi connectivity index (χ3n) is 9.29. The van der Waals surface area contributed by atoms with Crippen molar-refractivity contribution in [3.8, 4) is 0 Å². The highest BCUT2D eigenvalue weighted by atomic mass is 28.4. The molecule has 7 N–H and O–H groups in total. The Bertz CT molecular complexity index is 1790. The molecule has 0 aromatic heterocycles. The number of benzene rings is 3. The van der Waals surface area contributed by atoms with E-state index in [0.717, 1.165) is 20.8 Å². The summed E-state index contributed by atoms with van der Waals surface area (Å²) in [7, 11) is -1.50. The summed E-state index contributed by atoms with van der Waals surface area (Å²) in [5.74, 6) is -1.51. The van der Waals surface area contributed by atoms with Crippen LogP contribution >= 0.6 is 0 Å². The van der Waals surface area contributed by atoms with Crippen LogP contribution in [0.4, 0.5) is 20.1 Å². The Labute approximate surface area is 337 Å². The maximum atomic E-state index is 13.9. The SMILES string of the molecule is CC(C)[C@H](NC(=O)OC(C)(C)C)C(=O)N[C@@H](CCCNC(N)=O)C(=O)Nc1ccc(CO[Si](c2ccccc2)(c2ccccc2)C(C)(C)C)c(CN(C)C(=O)O)c1. The predicted molar refractivity (Wildman–Crippen MR) is 224 cm³/mol. The lowest BCUT2D eigenvalue weighted by molar-refractivity contribution is -0.128. The lowest BCUT2D eigenvalue weighted by Gasteiger charge is -2.43. The average molecular weight is 805 g/mol. The minimum absolute atomic E-state index is 0.00381. The van der Waals surface area contributed by atoms with Crippen LogP contribution in [0.1, 0.15) is 79.4 Å². The van der Waals surface area contributed by atoms with Crippen molar-refractivity contribution in [3.05, 3.63) is 90.0 Å². The summed E-state index contributed by atoms with van der Waals surface area (Å²) >= 11 is 0. The van der Waals surface area contributed by atoms with Crippen LogP contribution in [0.2, 0.25) is 5.04 Å². The van der Waals surface area contributed by atoms with Gasteiger partial charge in [-0.2, -0.15) is 0 Å². The third-order valence-corrected chi connectivity index (χ3v) is 14.3. The second-order valence-electron chi connectivity index (χ2n) is 16.4. The Morgan fingerprint density at radius 2 is 1.40 bits per heavy atom. The monoisotopic (exact) mass is 804 g/mol. The summed E-state index contributed by atoms with van der Waals surface area (Å²) in [6, 6.07) is 22.7. The summed E-state index contributed by atoms with van der Waals surface area (Å²) in [6.45, 7) is 15.5. The van der Waals surface area contributed by atoms with Gasteiger partial charge in [-0.1, -0.05) is 101 Å². The Kier molecular flexibility index (Phi) is 16.2. The van der Waals surface area contributed by atoms with E-state index in [0.29, 0.717) is 17.7 Å². The molecule has 3 aromatic rings. The molecule has 15 heteroatoms. The zero-order chi connectivity index (χ0) is 42.6. The molecule has 0 unspecified atom stereocenters. The third kappa shape index (κ3) is 13.3. The molecule has 0 saturated carbocycles. The number of nitrogens with two attached hydrogens (primary N) is 1. The van der Waals surface area contributed by atoms with E-state index < -0.39 is 56.0 Å². The average Bonchev–Trinajstić information content (AvgIpc) is 3.12. The molecule has 0 spiro atoms. The molecule has 0 aliphatic heterocycles. The molecule has 3 rings (SSSR count). The summed E-state index contributed by atoms with van der Waals surface area (Å²) in [6.07, 6.45) is -1.50. The van der Waals surface area contributed by atoms with Crippen LogP contribution in [0.3, 0.4) is 0 Å². The highest BCUT2D eigenvalue weighted by Gasteiger charge is 2.50. The van der Waals surface area contributed by atoms with E-state index in [1.165, 1.54) is 7.05 Å². The van der Waals surface area contributed by atoms with Gasteiger partial charge in [0.25, 0.3) is 8.32 Å². The summed E-state index contributed by atoms with van der Waals surface area (Å²) in [5.41, 5.74) is 6.15. The first-order valence-electron chi connectivity index (χ1n) is 19.1. The predicted octanol–water partition coefficient (Wildman–Crippen LogP) is 5.29. The molecular formula is C42H60N6O8Si. The molecule has 0 aliphatic carbocycles. The first kappa shape index (κ1) is 46.0. The maximum Gasteiger partial charge on any atom is 0.408 e. The summed E-state index contributed by atoms with van der Waals surface area (Å²) in [5, 5.41) is 22.4. The van der Waals surface area contributed by atoms with Crippen LogP contribution in [0.15, 0.2) is 78.9 Å². The second kappa shape index (κ2) is 20.1. The van der Waals surface area contributed by atoms with Gasteiger partial charge in [0, 0.05) is 25.8 Å². The van der Waals surface area contributed by atoms with Gasteiger partial charge < -0.3 is 46.2 Å². The van der Waals surface area contributed by atoms with Crippen molar-refractivity contribution < 1.29 is 38.2 Å². The Balaban J connectivity index is 1.97. The van der Waals surface area contributed by atoms with E-state index in [4.69, 9.17) is 14.9 Å². The fourth-order valence-corrected chi connectivity index (χ4v) is 11.0. The molecule has 6 amide bonds. The zero-order valence-corrected chi connectivity index (χ0v) is 35.6. The fourth-order valence-electron chi connectivity index (χ4n) is 6.51. The van der Waals surface area contributed by atoms with Gasteiger partial charge in [0.15, 0.2) is 0 Å². The lowest BCUT2D eigenvalue weighted by Crippen LogP contribution is -2.66. The standard InChI is InChI=1S/C42H60N6O8Si/c1-28(2)35(47-39(52)56-41(3,4)5)37(50)46-34(21-16-24-44-38(43)51)36(49)45-31-23-22-29(30(25-31)26-48(9)40(53)54)27-55-57(42(6,7)8,32-17-12-10-13-18-32)33-19-14-11-15-20-33/h10-15,17-20,22-23,25,28,34-35H,16,21,24,26-27H2,1-9H3,(H,45,49)(H,46,50)(H,47,52)(H,53,54)(H3,43,44,51)/t34-,35-/m0/s1. The molecule has 0 saturated heterocycles. The number of carbonyl (C=O) groups is 5. The van der Waals surface area contributed by atoms with Crippen LogP contribution in [0.25, 0.3) is 0 Å². The summed E-state index contributed by atoms with van der Waals surface area (Å²) in [4.78, 5) is 64.6. The van der Waals surface area contributed by atoms with Gasteiger partial charge in [-0.05, 0) is 78.2 Å². The molecule has 0 aliphatic rings. The number of rotatable bonds is 17. The fraction of sp³-hybridized carbons (Fsp3) is 0.452. The van der Waals surface area contributed by atoms with E-state index in [1.54, 1.807) is 46.8 Å². The number of hydrogen-bond acceptors (Lipinski definition) is 7. The molecule has 2 atom stereocenters. The van der Waals surface area contributed by atoms with Crippen molar-refractivity contribution >= 4 is 54.4 Å². The normalized spacial score (nSPS) is 12.9. The van der Waals surface area contributed by atoms with Gasteiger partial charge >= 0.3 is 18.2 Å². The van der Waals surface area contributed by atoms with Crippen molar-refractivity contribution in [2.24, 2.45) is 11.7 Å². The topological polar surface area (TPSA) is 201 Å². The number of alkyl carbamates (subject to hydrolysis) is 1. The van der Waals surface area contributed by atoms with Crippen molar-refractivity contribution in [1.29, 1.82) is 0 Å². The minimum Gasteiger partial charge on any atom is -0.465 e. The Hall–Kier alpha value is -5.41. The number of amides is 6. The number of anilines is 1. The van der Waals surface area contributed by atoms with Crippen molar-refractivity contribution in [3.63, 3.8) is 0 Å². The zero-order valence-electron chi connectivity index (χ0n) is 34.6. The molecule has 14 nitrogen and oxygen atoms in total. The van der Waals surface area contributed by atoms with Crippen LogP contribution < -0.4 is 37.4 Å². The first-order chi connectivity index (χ1) is 26.6. The van der Waals surface area contributed by atoms with Gasteiger partial charge in [0.2, 0.25) is 11.8 Å². The van der Waals surface area contributed by atoms with Crippen LogP contribution in [-0.2, 0) is 31.9 Å². The Morgan fingerprint density at radius 3 is 1.89 bits per heavy atom. The largest absolute Gasteiger partial charge is 0.465 e. The van der Waals surface area contributed by atoms with E-state index >= 15 is 0 Å². The summed E-state index contributed by atoms with van der Waals surface area (Å²) < 4.78 is 12.5. The van der Waals surface area contributed by atoms with E-state index in [1.807, 2.05) is 42.5 Å². The molecule has 0 heterocycles. The number of nitrogens with zero attached hydrogens (tertiary/aromatic N) is 1. The van der Waals surface area contributed by atoms with Gasteiger partial charge in [0.05, 0.1) is 6.61 Å². The van der Waals surface area contributed by atoms with Gasteiger partial charge in [-0.15, -0.1) is 0 Å². The lowest BCUT2D eigenvalue weighted by atomic mass is 10.0. The molecule has 0 bridgehead atoms. The number of ether oxygens (including phenoxy) is 1. The van der Waals surface area contributed by atoms with Gasteiger partial charge in [-0.25, -0.2) is 14.4 Å². The van der Waals surface area contributed by atoms with Crippen molar-refractivity contribution in [1.82, 2.24) is 20.9 Å². The number of hydrogen-bond donors (Lipinski definition) is 6. The van der Waals surface area contributed by atoms with Gasteiger partial charge in [-0.3, -0.25) is 9.59 Å². The molecule has 3 aromatic carbocycles. The van der Waals surface area contributed by atoms with Gasteiger partial charge in [0.1, 0.15) is 17.7 Å². The number of carbonyl (C=O) groups excluding carboxylic acids is 4. The van der Waals surface area contributed by atoms with Crippen LogP contribution in [-0.4, -0.2) is 79.6 Å². The van der Waals surface area contributed by atoms with Crippen LogP contribution in [0, 0.1) is 5.92 Å². The second-order valence-corrected chi connectivity index (χ2v) is 20.7. The van der Waals surface area contributed by atoms with Crippen molar-refractivity contribution in [2.45, 2.75) is 104 Å². The minimum atomic E-state index is -2.96. The van der Waals surface area contributed by atoms with Crippen molar-refractivity contribution in [2.75, 3.05) is 18.9 Å². The molecule has 0 radical (unpaired) electrons. The molecule has 57 heavy (non-hydrogen) atoms. The van der Waals surface area contributed by atoms with E-state index in [9.17, 15) is 29.1 Å². The number of primary amides is 1. The first-order valence-corrected chi connectivity index (χ1v) is 21.0. The van der Waals surface area contributed by atoms with E-state index in [2.05, 4.69) is 66.3 Å². The number of urea groups is 1. The highest BCUT2D eigenvalue weighted by molar-refractivity contribution is 6.99. The number of nitrogens with one attached hydrogen (secondary N) is 4. The van der Waals surface area contributed by atoms with E-state index in [-0.39, 0.29) is 37.1 Å². The number of carboxylic acid groups (broad SMARTS) is 1. The smallest absolute Gasteiger partial charge is 0.408 e. The Morgan fingerprint density at radius 1 is 0.825 bits per heavy atom. The highest BCUT2D eigenvalue weighted by Crippen LogP contribution is 2.37. The maximum absolute atomic E-state index is 13.9. The molecular weight excluding hydrogens is 745 g/mol. The molecule has 310 valence electrons. The van der Waals surface area contributed by atoms with Crippen LogP contribution in [0.5, 0.6) is 0 Å².